The van der Waals surface area contributed by atoms with Gasteiger partial charge < -0.3 is 16.0 Å². The molecule has 3 rings (SSSR count). The second-order valence-electron chi connectivity index (χ2n) is 8.10. The first-order valence-corrected chi connectivity index (χ1v) is 9.66. The molecule has 2 amide bonds. The molecular formula is C22H30Cl2N4O2. The number of benzene rings is 1. The van der Waals surface area contributed by atoms with E-state index in [0.717, 1.165) is 12.0 Å². The van der Waals surface area contributed by atoms with Crippen molar-refractivity contribution in [3.05, 3.63) is 66.0 Å². The SMILES string of the molecule is CC1(C)CN(C(=O)C(Cc2cccnc2)NC(=O)c2ccccc2)CCC1N.Cl.Cl. The number of carbonyl (C=O) groups excluding carboxylic acids is 2. The lowest BCUT2D eigenvalue weighted by atomic mass is 9.79. The molecule has 1 fully saturated rings. The predicted molar refractivity (Wildman–Crippen MR) is 123 cm³/mol. The van der Waals surface area contributed by atoms with Crippen molar-refractivity contribution in [2.45, 2.75) is 38.8 Å². The maximum atomic E-state index is 13.3. The Morgan fingerprint density at radius 3 is 2.50 bits per heavy atom. The minimum Gasteiger partial charge on any atom is -0.340 e. The fourth-order valence-corrected chi connectivity index (χ4v) is 3.57. The first-order chi connectivity index (χ1) is 13.4. The fraction of sp³-hybridized carbons (Fsp3) is 0.409. The average Bonchev–Trinajstić information content (AvgIpc) is 2.70. The third-order valence-electron chi connectivity index (χ3n) is 5.43. The van der Waals surface area contributed by atoms with Crippen molar-refractivity contribution in [3.63, 3.8) is 0 Å². The van der Waals surface area contributed by atoms with Crippen molar-refractivity contribution in [1.29, 1.82) is 0 Å². The van der Waals surface area contributed by atoms with E-state index in [1.807, 2.05) is 23.1 Å². The van der Waals surface area contributed by atoms with E-state index >= 15 is 0 Å². The number of nitrogens with zero attached hydrogens (tertiary/aromatic N) is 2. The Morgan fingerprint density at radius 2 is 1.90 bits per heavy atom. The topological polar surface area (TPSA) is 88.3 Å². The number of carbonyl (C=O) groups is 2. The molecule has 2 unspecified atom stereocenters. The highest BCUT2D eigenvalue weighted by Crippen LogP contribution is 2.28. The second-order valence-corrected chi connectivity index (χ2v) is 8.10. The molecule has 0 saturated carbocycles. The van der Waals surface area contributed by atoms with Gasteiger partial charge in [0.25, 0.3) is 5.91 Å². The van der Waals surface area contributed by atoms with Crippen LogP contribution in [0.3, 0.4) is 0 Å². The van der Waals surface area contributed by atoms with E-state index in [2.05, 4.69) is 24.1 Å². The summed E-state index contributed by atoms with van der Waals surface area (Å²) in [7, 11) is 0. The number of hydrogen-bond acceptors (Lipinski definition) is 4. The fourth-order valence-electron chi connectivity index (χ4n) is 3.57. The summed E-state index contributed by atoms with van der Waals surface area (Å²) in [4.78, 5) is 32.0. The lowest BCUT2D eigenvalue weighted by Gasteiger charge is -2.43. The molecule has 6 nitrogen and oxygen atoms in total. The summed E-state index contributed by atoms with van der Waals surface area (Å²) in [6.07, 6.45) is 4.57. The monoisotopic (exact) mass is 452 g/mol. The van der Waals surface area contributed by atoms with Gasteiger partial charge in [-0.05, 0) is 35.6 Å². The molecular weight excluding hydrogens is 423 g/mol. The van der Waals surface area contributed by atoms with E-state index in [0.29, 0.717) is 25.1 Å². The van der Waals surface area contributed by atoms with Crippen molar-refractivity contribution in [1.82, 2.24) is 15.2 Å². The average molecular weight is 453 g/mol. The Bertz CT molecular complexity index is 818. The zero-order valence-corrected chi connectivity index (χ0v) is 18.9. The standard InChI is InChI=1S/C22H28N4O2.2ClH/c1-22(2)15-26(12-10-19(22)23)21(28)18(13-16-7-6-11-24-14-16)25-20(27)17-8-4-3-5-9-17;;/h3-9,11,14,18-19H,10,12-13,15,23H2,1-2H3,(H,25,27);2*1H. The summed E-state index contributed by atoms with van der Waals surface area (Å²) in [6.45, 7) is 5.34. The number of pyridine rings is 1. The number of aromatic nitrogens is 1. The Hall–Kier alpha value is -2.15. The van der Waals surface area contributed by atoms with Crippen molar-refractivity contribution >= 4 is 36.6 Å². The predicted octanol–water partition coefficient (Wildman–Crippen LogP) is 2.85. The van der Waals surface area contributed by atoms with Gasteiger partial charge in [0.05, 0.1) is 0 Å². The molecule has 1 aliphatic heterocycles. The second kappa shape index (κ2) is 11.3. The third kappa shape index (κ3) is 6.42. The molecule has 8 heteroatoms. The molecule has 1 aliphatic rings. The van der Waals surface area contributed by atoms with Gasteiger partial charge in [-0.25, -0.2) is 0 Å². The van der Waals surface area contributed by atoms with Gasteiger partial charge >= 0.3 is 0 Å². The maximum Gasteiger partial charge on any atom is 0.251 e. The lowest BCUT2D eigenvalue weighted by molar-refractivity contribution is -0.136. The van der Waals surface area contributed by atoms with Gasteiger partial charge in [-0.3, -0.25) is 14.6 Å². The van der Waals surface area contributed by atoms with Crippen LogP contribution in [0.25, 0.3) is 0 Å². The highest BCUT2D eigenvalue weighted by molar-refractivity contribution is 5.97. The van der Waals surface area contributed by atoms with Crippen molar-refractivity contribution in [3.8, 4) is 0 Å². The van der Waals surface area contributed by atoms with E-state index in [1.54, 1.807) is 36.7 Å². The molecule has 0 bridgehead atoms. The van der Waals surface area contributed by atoms with Crippen LogP contribution in [0.1, 0.15) is 36.2 Å². The molecule has 2 aromatic rings. The third-order valence-corrected chi connectivity index (χ3v) is 5.43. The van der Waals surface area contributed by atoms with Crippen LogP contribution in [0, 0.1) is 5.41 Å². The van der Waals surface area contributed by atoms with Crippen LogP contribution < -0.4 is 11.1 Å². The van der Waals surface area contributed by atoms with Crippen LogP contribution >= 0.6 is 24.8 Å². The van der Waals surface area contributed by atoms with Gasteiger partial charge in [-0.2, -0.15) is 0 Å². The molecule has 1 aromatic heterocycles. The van der Waals surface area contributed by atoms with E-state index in [1.165, 1.54) is 0 Å². The van der Waals surface area contributed by atoms with Crippen molar-refractivity contribution < 1.29 is 9.59 Å². The molecule has 0 spiro atoms. The van der Waals surface area contributed by atoms with Crippen LogP contribution in [-0.2, 0) is 11.2 Å². The maximum absolute atomic E-state index is 13.3. The van der Waals surface area contributed by atoms with Crippen LogP contribution in [0.2, 0.25) is 0 Å². The number of halogens is 2. The van der Waals surface area contributed by atoms with Gasteiger partial charge in [-0.15, -0.1) is 24.8 Å². The number of nitrogens with one attached hydrogen (secondary N) is 1. The van der Waals surface area contributed by atoms with Gasteiger partial charge in [0.2, 0.25) is 5.91 Å². The molecule has 0 aliphatic carbocycles. The highest BCUT2D eigenvalue weighted by atomic mass is 35.5. The zero-order valence-electron chi connectivity index (χ0n) is 17.3. The van der Waals surface area contributed by atoms with Gasteiger partial charge in [0, 0.05) is 43.5 Å². The first kappa shape index (κ1) is 25.9. The van der Waals surface area contributed by atoms with Gasteiger partial charge in [0.1, 0.15) is 6.04 Å². The number of nitrogens with two attached hydrogens (primary N) is 1. The summed E-state index contributed by atoms with van der Waals surface area (Å²) in [5, 5.41) is 2.93. The van der Waals surface area contributed by atoms with E-state index in [4.69, 9.17) is 5.73 Å². The number of hydrogen-bond donors (Lipinski definition) is 2. The van der Waals surface area contributed by atoms with Crippen LogP contribution in [0.5, 0.6) is 0 Å². The minimum atomic E-state index is -0.651. The Kier molecular flexibility index (Phi) is 9.75. The van der Waals surface area contributed by atoms with E-state index in [9.17, 15) is 9.59 Å². The van der Waals surface area contributed by atoms with Crippen molar-refractivity contribution in [2.24, 2.45) is 11.1 Å². The highest BCUT2D eigenvalue weighted by Gasteiger charge is 2.37. The summed E-state index contributed by atoms with van der Waals surface area (Å²) in [5.74, 6) is -0.330. The summed E-state index contributed by atoms with van der Waals surface area (Å²) >= 11 is 0. The van der Waals surface area contributed by atoms with Crippen LogP contribution in [0.4, 0.5) is 0 Å². The molecule has 0 radical (unpaired) electrons. The Labute approximate surface area is 190 Å². The van der Waals surface area contributed by atoms with E-state index < -0.39 is 6.04 Å². The minimum absolute atomic E-state index is 0. The first-order valence-electron chi connectivity index (χ1n) is 9.66. The largest absolute Gasteiger partial charge is 0.340 e. The molecule has 2 atom stereocenters. The Balaban J connectivity index is 0.00000225. The Morgan fingerprint density at radius 1 is 1.20 bits per heavy atom. The number of rotatable bonds is 5. The van der Waals surface area contributed by atoms with Crippen molar-refractivity contribution in [2.75, 3.05) is 13.1 Å². The molecule has 2 heterocycles. The van der Waals surface area contributed by atoms with Gasteiger partial charge in [-0.1, -0.05) is 38.1 Å². The van der Waals surface area contributed by atoms with Crippen LogP contribution in [-0.4, -0.2) is 46.9 Å². The molecule has 1 saturated heterocycles. The smallest absolute Gasteiger partial charge is 0.251 e. The molecule has 3 N–H and O–H groups in total. The molecule has 30 heavy (non-hydrogen) atoms. The lowest BCUT2D eigenvalue weighted by Crippen LogP contribution is -2.58. The molecule has 1 aromatic carbocycles. The van der Waals surface area contributed by atoms with Gasteiger partial charge in [0.15, 0.2) is 0 Å². The van der Waals surface area contributed by atoms with E-state index in [-0.39, 0.29) is 48.1 Å². The number of likely N-dealkylation sites (tertiary alicyclic amines) is 1. The number of amides is 2. The molecule has 164 valence electrons. The summed E-state index contributed by atoms with van der Waals surface area (Å²) < 4.78 is 0. The number of piperidine rings is 1. The van der Waals surface area contributed by atoms with Crippen LogP contribution in [0.15, 0.2) is 54.9 Å². The zero-order chi connectivity index (χ0) is 20.1. The summed E-state index contributed by atoms with van der Waals surface area (Å²) in [6, 6.07) is 12.1. The summed E-state index contributed by atoms with van der Waals surface area (Å²) in [5.41, 5.74) is 7.50. The quantitative estimate of drug-likeness (QED) is 0.729. The normalized spacial score (nSPS) is 18.4.